The molecule has 0 fully saturated rings. The Bertz CT molecular complexity index is 813. The number of hydrogen-bond donors (Lipinski definition) is 0. The summed E-state index contributed by atoms with van der Waals surface area (Å²) in [6, 6.07) is 18.1. The lowest BCUT2D eigenvalue weighted by Gasteiger charge is -2.18. The van der Waals surface area contributed by atoms with Crippen molar-refractivity contribution in [2.75, 3.05) is 13.6 Å². The molecule has 0 spiro atoms. The molecule has 0 radical (unpaired) electrons. The average Bonchev–Trinajstić information content (AvgIpc) is 3.14. The van der Waals surface area contributed by atoms with E-state index >= 15 is 0 Å². The number of rotatable bonds is 5. The minimum Gasteiger partial charge on any atom is -0.341 e. The van der Waals surface area contributed by atoms with Gasteiger partial charge in [0.25, 0.3) is 5.91 Å². The van der Waals surface area contributed by atoms with Crippen LogP contribution in [0.1, 0.15) is 21.6 Å². The third-order valence-corrected chi connectivity index (χ3v) is 4.91. The number of benzene rings is 1. The maximum absolute atomic E-state index is 12.7. The molecular weight excluding hydrogens is 316 g/mol. The van der Waals surface area contributed by atoms with Gasteiger partial charge in [0.05, 0.1) is 21.8 Å². The SMILES string of the molecule is Cc1nc(-c2cccs2)ccc1C(=O)N(C)CCc1ccccc1. The molecule has 0 unspecified atom stereocenters. The van der Waals surface area contributed by atoms with E-state index in [1.165, 1.54) is 5.56 Å². The van der Waals surface area contributed by atoms with Crippen molar-refractivity contribution in [2.24, 2.45) is 0 Å². The van der Waals surface area contributed by atoms with Crippen molar-refractivity contribution < 1.29 is 4.79 Å². The highest BCUT2D eigenvalue weighted by Gasteiger charge is 2.15. The van der Waals surface area contributed by atoms with Gasteiger partial charge in [-0.1, -0.05) is 36.4 Å². The van der Waals surface area contributed by atoms with E-state index in [2.05, 4.69) is 17.1 Å². The summed E-state index contributed by atoms with van der Waals surface area (Å²) >= 11 is 1.65. The Kier molecular flexibility index (Phi) is 5.06. The van der Waals surface area contributed by atoms with Crippen LogP contribution in [0.15, 0.2) is 60.0 Å². The van der Waals surface area contributed by atoms with Gasteiger partial charge >= 0.3 is 0 Å². The molecule has 3 rings (SSSR count). The monoisotopic (exact) mass is 336 g/mol. The number of likely N-dealkylation sites (N-methyl/N-ethyl adjacent to an activating group) is 1. The fraction of sp³-hybridized carbons (Fsp3) is 0.200. The Labute approximate surface area is 146 Å². The summed E-state index contributed by atoms with van der Waals surface area (Å²) in [6.45, 7) is 2.59. The minimum atomic E-state index is 0.0219. The molecule has 1 aromatic carbocycles. The Balaban J connectivity index is 1.70. The highest BCUT2D eigenvalue weighted by molar-refractivity contribution is 7.13. The molecule has 3 aromatic rings. The van der Waals surface area contributed by atoms with Gasteiger partial charge in [0.2, 0.25) is 0 Å². The minimum absolute atomic E-state index is 0.0219. The molecule has 1 amide bonds. The van der Waals surface area contributed by atoms with Crippen molar-refractivity contribution in [1.82, 2.24) is 9.88 Å². The van der Waals surface area contributed by atoms with Crippen LogP contribution in [-0.4, -0.2) is 29.4 Å². The second-order valence-electron chi connectivity index (χ2n) is 5.77. The number of amides is 1. The first-order chi connectivity index (χ1) is 11.6. The van der Waals surface area contributed by atoms with Crippen LogP contribution in [0.3, 0.4) is 0 Å². The highest BCUT2D eigenvalue weighted by atomic mass is 32.1. The summed E-state index contributed by atoms with van der Waals surface area (Å²) in [4.78, 5) is 20.2. The molecule has 0 saturated carbocycles. The summed E-state index contributed by atoms with van der Waals surface area (Å²) in [5.41, 5.74) is 3.61. The van der Waals surface area contributed by atoms with Crippen molar-refractivity contribution >= 4 is 17.2 Å². The molecule has 2 heterocycles. The van der Waals surface area contributed by atoms with E-state index in [0.29, 0.717) is 12.1 Å². The number of carbonyl (C=O) groups is 1. The predicted octanol–water partition coefficient (Wildman–Crippen LogP) is 4.43. The van der Waals surface area contributed by atoms with Gasteiger partial charge in [-0.25, -0.2) is 0 Å². The maximum Gasteiger partial charge on any atom is 0.255 e. The van der Waals surface area contributed by atoms with Crippen molar-refractivity contribution in [3.8, 4) is 10.6 Å². The van der Waals surface area contributed by atoms with Crippen LogP contribution in [0.4, 0.5) is 0 Å². The second-order valence-corrected chi connectivity index (χ2v) is 6.72. The Morgan fingerprint density at radius 1 is 1.08 bits per heavy atom. The van der Waals surface area contributed by atoms with Gasteiger partial charge in [-0.2, -0.15) is 0 Å². The molecule has 122 valence electrons. The van der Waals surface area contributed by atoms with Gasteiger partial charge < -0.3 is 4.90 Å². The van der Waals surface area contributed by atoms with E-state index in [-0.39, 0.29) is 5.91 Å². The van der Waals surface area contributed by atoms with Crippen LogP contribution in [0, 0.1) is 6.92 Å². The molecule has 0 bridgehead atoms. The largest absolute Gasteiger partial charge is 0.341 e. The van der Waals surface area contributed by atoms with Crippen molar-refractivity contribution in [3.05, 3.63) is 76.8 Å². The van der Waals surface area contributed by atoms with Gasteiger partial charge in [-0.3, -0.25) is 9.78 Å². The zero-order valence-corrected chi connectivity index (χ0v) is 14.7. The maximum atomic E-state index is 12.7. The van der Waals surface area contributed by atoms with Gasteiger partial charge in [-0.15, -0.1) is 11.3 Å². The van der Waals surface area contributed by atoms with Gasteiger partial charge in [-0.05, 0) is 42.5 Å². The molecule has 0 N–H and O–H groups in total. The summed E-state index contributed by atoms with van der Waals surface area (Å²) < 4.78 is 0. The van der Waals surface area contributed by atoms with Crippen molar-refractivity contribution in [1.29, 1.82) is 0 Å². The molecule has 0 saturated heterocycles. The first-order valence-corrected chi connectivity index (χ1v) is 8.84. The number of pyridine rings is 1. The normalized spacial score (nSPS) is 10.6. The fourth-order valence-corrected chi connectivity index (χ4v) is 3.29. The average molecular weight is 336 g/mol. The summed E-state index contributed by atoms with van der Waals surface area (Å²) in [5.74, 6) is 0.0219. The van der Waals surface area contributed by atoms with Crippen molar-refractivity contribution in [2.45, 2.75) is 13.3 Å². The van der Waals surface area contributed by atoms with Crippen molar-refractivity contribution in [3.63, 3.8) is 0 Å². The lowest BCUT2D eigenvalue weighted by molar-refractivity contribution is 0.0795. The topological polar surface area (TPSA) is 33.2 Å². The zero-order valence-electron chi connectivity index (χ0n) is 13.9. The molecule has 4 heteroatoms. The molecule has 0 aliphatic carbocycles. The molecule has 3 nitrogen and oxygen atoms in total. The molecule has 0 aliphatic heterocycles. The molecular formula is C20H20N2OS. The summed E-state index contributed by atoms with van der Waals surface area (Å²) in [6.07, 6.45) is 0.850. The molecule has 24 heavy (non-hydrogen) atoms. The Morgan fingerprint density at radius 2 is 1.88 bits per heavy atom. The lowest BCUT2D eigenvalue weighted by atomic mass is 10.1. The first-order valence-electron chi connectivity index (χ1n) is 7.96. The number of thiophene rings is 1. The van der Waals surface area contributed by atoms with E-state index in [1.807, 2.05) is 61.8 Å². The standard InChI is InChI=1S/C20H20N2OS/c1-15-17(10-11-18(21-15)19-9-6-14-24-19)20(23)22(2)13-12-16-7-4-3-5-8-16/h3-11,14H,12-13H2,1-2H3. The van der Waals surface area contributed by atoms with Gasteiger partial charge in [0.15, 0.2) is 0 Å². The van der Waals surface area contributed by atoms with Crippen LogP contribution in [0.5, 0.6) is 0 Å². The number of carbonyl (C=O) groups excluding carboxylic acids is 1. The quantitative estimate of drug-likeness (QED) is 0.690. The van der Waals surface area contributed by atoms with E-state index in [0.717, 1.165) is 22.7 Å². The highest BCUT2D eigenvalue weighted by Crippen LogP contribution is 2.24. The van der Waals surface area contributed by atoms with E-state index in [1.54, 1.807) is 16.2 Å². The lowest BCUT2D eigenvalue weighted by Crippen LogP contribution is -2.29. The third-order valence-electron chi connectivity index (χ3n) is 4.02. The number of aryl methyl sites for hydroxylation is 1. The number of nitrogens with zero attached hydrogens (tertiary/aromatic N) is 2. The first kappa shape index (κ1) is 16.4. The summed E-state index contributed by atoms with van der Waals surface area (Å²) in [7, 11) is 1.85. The van der Waals surface area contributed by atoms with Crippen LogP contribution in [0.2, 0.25) is 0 Å². The molecule has 2 aromatic heterocycles. The third kappa shape index (κ3) is 3.71. The van der Waals surface area contributed by atoms with E-state index in [9.17, 15) is 4.79 Å². The zero-order chi connectivity index (χ0) is 16.9. The fourth-order valence-electron chi connectivity index (χ4n) is 2.60. The second kappa shape index (κ2) is 7.41. The predicted molar refractivity (Wildman–Crippen MR) is 99.4 cm³/mol. The van der Waals surface area contributed by atoms with E-state index in [4.69, 9.17) is 0 Å². The summed E-state index contributed by atoms with van der Waals surface area (Å²) in [5, 5.41) is 2.03. The van der Waals surface area contributed by atoms with Gasteiger partial charge in [0, 0.05) is 13.6 Å². The number of aromatic nitrogens is 1. The molecule has 0 aliphatic rings. The van der Waals surface area contributed by atoms with E-state index < -0.39 is 0 Å². The van der Waals surface area contributed by atoms with Crippen LogP contribution >= 0.6 is 11.3 Å². The Hall–Kier alpha value is -2.46. The molecule has 0 atom stereocenters. The van der Waals surface area contributed by atoms with Crippen LogP contribution in [0.25, 0.3) is 10.6 Å². The van der Waals surface area contributed by atoms with Gasteiger partial charge in [0.1, 0.15) is 0 Å². The number of hydrogen-bond acceptors (Lipinski definition) is 3. The smallest absolute Gasteiger partial charge is 0.255 e. The Morgan fingerprint density at radius 3 is 2.54 bits per heavy atom. The van der Waals surface area contributed by atoms with Crippen LogP contribution < -0.4 is 0 Å². The van der Waals surface area contributed by atoms with Crippen LogP contribution in [-0.2, 0) is 6.42 Å².